The highest BCUT2D eigenvalue weighted by atomic mass is 79.9. The summed E-state index contributed by atoms with van der Waals surface area (Å²) in [7, 11) is 1.71. The molecule has 2 aromatic heterocycles. The predicted molar refractivity (Wildman–Crippen MR) is 93.2 cm³/mol. The molecule has 8 heteroatoms. The summed E-state index contributed by atoms with van der Waals surface area (Å²) < 4.78 is 2.35. The number of hydrogen-bond acceptors (Lipinski definition) is 4. The Morgan fingerprint density at radius 1 is 1.39 bits per heavy atom. The molecule has 0 atom stereocenters. The van der Waals surface area contributed by atoms with Gasteiger partial charge in [-0.1, -0.05) is 6.07 Å². The SMILES string of the molecule is CC(C)NC(=O)O.Cn1cc(Br)cc(Nc2ccccn2)c1=O. The molecule has 7 nitrogen and oxygen atoms in total. The Hall–Kier alpha value is -2.35. The lowest BCUT2D eigenvalue weighted by Crippen LogP contribution is -2.27. The van der Waals surface area contributed by atoms with Crippen LogP contribution in [0, 0.1) is 0 Å². The second-order valence-corrected chi connectivity index (χ2v) is 5.85. The predicted octanol–water partition coefficient (Wildman–Crippen LogP) is 2.95. The second kappa shape index (κ2) is 8.94. The number of amides is 1. The molecule has 0 saturated carbocycles. The monoisotopic (exact) mass is 382 g/mol. The van der Waals surface area contributed by atoms with E-state index in [2.05, 4.69) is 31.5 Å². The van der Waals surface area contributed by atoms with Crippen LogP contribution in [0.25, 0.3) is 0 Å². The largest absolute Gasteiger partial charge is 0.465 e. The van der Waals surface area contributed by atoms with Crippen molar-refractivity contribution in [1.82, 2.24) is 14.9 Å². The van der Waals surface area contributed by atoms with Crippen LogP contribution in [0.15, 0.2) is 45.9 Å². The maximum Gasteiger partial charge on any atom is 0.404 e. The fourth-order valence-corrected chi connectivity index (χ4v) is 2.12. The van der Waals surface area contributed by atoms with Crippen molar-refractivity contribution in [2.45, 2.75) is 19.9 Å². The van der Waals surface area contributed by atoms with Crippen LogP contribution in [0.3, 0.4) is 0 Å². The van der Waals surface area contributed by atoms with Gasteiger partial charge in [0, 0.05) is 30.0 Å². The van der Waals surface area contributed by atoms with E-state index in [0.717, 1.165) is 4.47 Å². The van der Waals surface area contributed by atoms with Gasteiger partial charge < -0.3 is 20.3 Å². The molecule has 124 valence electrons. The molecule has 3 N–H and O–H groups in total. The lowest BCUT2D eigenvalue weighted by Gasteiger charge is -2.06. The van der Waals surface area contributed by atoms with E-state index in [0.29, 0.717) is 11.5 Å². The Balaban J connectivity index is 0.000000322. The summed E-state index contributed by atoms with van der Waals surface area (Å²) in [4.78, 5) is 25.6. The van der Waals surface area contributed by atoms with Crippen molar-refractivity contribution in [1.29, 1.82) is 0 Å². The highest BCUT2D eigenvalue weighted by Gasteiger charge is 2.03. The number of anilines is 2. The Bertz CT molecular complexity index is 702. The minimum absolute atomic E-state index is 0.0255. The number of aromatic nitrogens is 2. The Kier molecular flexibility index (Phi) is 7.27. The maximum absolute atomic E-state index is 11.8. The molecule has 0 aliphatic rings. The van der Waals surface area contributed by atoms with Gasteiger partial charge in [0.2, 0.25) is 0 Å². The van der Waals surface area contributed by atoms with Gasteiger partial charge in [-0.15, -0.1) is 0 Å². The van der Waals surface area contributed by atoms with Crippen molar-refractivity contribution in [3.8, 4) is 0 Å². The van der Waals surface area contributed by atoms with Gasteiger partial charge in [0.05, 0.1) is 0 Å². The van der Waals surface area contributed by atoms with Gasteiger partial charge in [0.25, 0.3) is 5.56 Å². The van der Waals surface area contributed by atoms with E-state index in [9.17, 15) is 9.59 Å². The molecule has 0 aliphatic heterocycles. The van der Waals surface area contributed by atoms with E-state index in [1.165, 1.54) is 4.57 Å². The normalized spacial score (nSPS) is 9.78. The van der Waals surface area contributed by atoms with E-state index < -0.39 is 6.09 Å². The van der Waals surface area contributed by atoms with E-state index in [-0.39, 0.29) is 11.6 Å². The van der Waals surface area contributed by atoms with Gasteiger partial charge in [-0.25, -0.2) is 9.78 Å². The lowest BCUT2D eigenvalue weighted by molar-refractivity contribution is 0.191. The number of pyridine rings is 2. The van der Waals surface area contributed by atoms with Gasteiger partial charge in [0.1, 0.15) is 11.5 Å². The molecule has 0 bridgehead atoms. The van der Waals surface area contributed by atoms with E-state index >= 15 is 0 Å². The number of halogens is 1. The zero-order valence-electron chi connectivity index (χ0n) is 13.1. The molecule has 2 heterocycles. The van der Waals surface area contributed by atoms with Crippen LogP contribution in [0.2, 0.25) is 0 Å². The number of rotatable bonds is 3. The van der Waals surface area contributed by atoms with Crippen molar-refractivity contribution < 1.29 is 9.90 Å². The van der Waals surface area contributed by atoms with Gasteiger partial charge in [-0.05, 0) is 48.0 Å². The molecular weight excluding hydrogens is 364 g/mol. The first kappa shape index (κ1) is 18.7. The third kappa shape index (κ3) is 6.96. The van der Waals surface area contributed by atoms with Gasteiger partial charge in [-0.2, -0.15) is 0 Å². The molecular formula is C15H19BrN4O3. The number of nitrogens with zero attached hydrogens (tertiary/aromatic N) is 2. The van der Waals surface area contributed by atoms with E-state index in [1.54, 1.807) is 45.4 Å². The van der Waals surface area contributed by atoms with Crippen molar-refractivity contribution in [2.24, 2.45) is 7.05 Å². The average Bonchev–Trinajstić information content (AvgIpc) is 2.44. The fourth-order valence-electron chi connectivity index (χ4n) is 1.58. The van der Waals surface area contributed by atoms with Crippen molar-refractivity contribution in [2.75, 3.05) is 5.32 Å². The van der Waals surface area contributed by atoms with Gasteiger partial charge >= 0.3 is 6.09 Å². The van der Waals surface area contributed by atoms with Crippen LogP contribution < -0.4 is 16.2 Å². The molecule has 2 aromatic rings. The minimum atomic E-state index is -0.963. The van der Waals surface area contributed by atoms with Crippen molar-refractivity contribution in [3.63, 3.8) is 0 Å². The Morgan fingerprint density at radius 3 is 2.57 bits per heavy atom. The van der Waals surface area contributed by atoms with Gasteiger partial charge in [0.15, 0.2) is 0 Å². The number of nitrogens with one attached hydrogen (secondary N) is 2. The lowest BCUT2D eigenvalue weighted by atomic mass is 10.4. The van der Waals surface area contributed by atoms with Crippen molar-refractivity contribution in [3.05, 3.63) is 51.5 Å². The summed E-state index contributed by atoms with van der Waals surface area (Å²) in [6.07, 6.45) is 2.42. The van der Waals surface area contributed by atoms with E-state index in [1.807, 2.05) is 12.1 Å². The summed E-state index contributed by atoms with van der Waals surface area (Å²) in [5.41, 5.74) is 0.407. The summed E-state index contributed by atoms with van der Waals surface area (Å²) in [5.74, 6) is 0.651. The number of carbonyl (C=O) groups is 1. The summed E-state index contributed by atoms with van der Waals surface area (Å²) in [6.45, 7) is 3.54. The first-order chi connectivity index (χ1) is 10.8. The summed E-state index contributed by atoms with van der Waals surface area (Å²) in [6, 6.07) is 7.25. The quantitative estimate of drug-likeness (QED) is 0.758. The fraction of sp³-hybridized carbons (Fsp3) is 0.267. The molecule has 0 aromatic carbocycles. The average molecular weight is 383 g/mol. The van der Waals surface area contributed by atoms with Gasteiger partial charge in [-0.3, -0.25) is 4.79 Å². The van der Waals surface area contributed by atoms with Crippen LogP contribution in [-0.2, 0) is 7.05 Å². The standard InChI is InChI=1S/C11H10BrN3O.C4H9NO2/c1-15-7-8(12)6-9(11(15)16)14-10-4-2-3-5-13-10;1-3(2)5-4(6)7/h2-7H,1H3,(H,13,14);3,5H,1-2H3,(H,6,7). The van der Waals surface area contributed by atoms with Crippen LogP contribution in [0.1, 0.15) is 13.8 Å². The minimum Gasteiger partial charge on any atom is -0.465 e. The summed E-state index contributed by atoms with van der Waals surface area (Å²) >= 11 is 3.34. The smallest absolute Gasteiger partial charge is 0.404 e. The van der Waals surface area contributed by atoms with Crippen LogP contribution in [0.5, 0.6) is 0 Å². The Labute approximate surface area is 142 Å². The topological polar surface area (TPSA) is 96.2 Å². The second-order valence-electron chi connectivity index (χ2n) is 4.93. The molecule has 0 spiro atoms. The molecule has 2 rings (SSSR count). The first-order valence-electron chi connectivity index (χ1n) is 6.83. The van der Waals surface area contributed by atoms with Crippen molar-refractivity contribution >= 4 is 33.5 Å². The zero-order chi connectivity index (χ0) is 17.4. The molecule has 0 unspecified atom stereocenters. The first-order valence-corrected chi connectivity index (χ1v) is 7.62. The number of carboxylic acid groups (broad SMARTS) is 1. The van der Waals surface area contributed by atoms with Crippen LogP contribution >= 0.6 is 15.9 Å². The highest BCUT2D eigenvalue weighted by Crippen LogP contribution is 2.14. The van der Waals surface area contributed by atoms with E-state index in [4.69, 9.17) is 5.11 Å². The molecule has 0 radical (unpaired) electrons. The Morgan fingerprint density at radius 2 is 2.09 bits per heavy atom. The third-order valence-electron chi connectivity index (χ3n) is 2.49. The molecule has 0 saturated heterocycles. The number of hydrogen-bond donors (Lipinski definition) is 3. The third-order valence-corrected chi connectivity index (χ3v) is 2.92. The molecule has 1 amide bonds. The number of aryl methyl sites for hydroxylation is 1. The highest BCUT2D eigenvalue weighted by molar-refractivity contribution is 9.10. The molecule has 0 fully saturated rings. The zero-order valence-corrected chi connectivity index (χ0v) is 14.7. The van der Waals surface area contributed by atoms with Crippen LogP contribution in [-0.4, -0.2) is 26.8 Å². The van der Waals surface area contributed by atoms with Crippen LogP contribution in [0.4, 0.5) is 16.3 Å². The molecule has 0 aliphatic carbocycles. The maximum atomic E-state index is 11.8. The molecule has 23 heavy (non-hydrogen) atoms. The summed E-state index contributed by atoms with van der Waals surface area (Å²) in [5, 5.41) is 13.2.